The van der Waals surface area contributed by atoms with E-state index in [9.17, 15) is 53.1 Å². The van der Waals surface area contributed by atoms with Gasteiger partial charge in [0, 0.05) is 30.7 Å². The molecule has 2 atom stereocenters. The molecule has 1 saturated heterocycles. The van der Waals surface area contributed by atoms with Crippen LogP contribution >= 0.6 is 11.6 Å². The van der Waals surface area contributed by atoms with Gasteiger partial charge in [-0.25, -0.2) is 18.4 Å². The number of phenols is 2. The van der Waals surface area contributed by atoms with E-state index >= 15 is 0 Å². The van der Waals surface area contributed by atoms with E-state index in [2.05, 4.69) is 10.6 Å². The van der Waals surface area contributed by atoms with E-state index in [1.807, 2.05) is 0 Å². The molecule has 2 aliphatic heterocycles. The Balaban J connectivity index is 1.40. The molecule has 5 rings (SSSR count). The summed E-state index contributed by atoms with van der Waals surface area (Å²) in [5, 5.41) is 43.5. The Morgan fingerprint density at radius 3 is 2.47 bits per heavy atom. The lowest BCUT2D eigenvalue weighted by molar-refractivity contribution is -0.154. The summed E-state index contributed by atoms with van der Waals surface area (Å²) >= 11 is 6.09. The number of carboxylic acid groups (broad SMARTS) is 1. The maximum absolute atomic E-state index is 14.5. The molecule has 2 aromatic rings. The zero-order valence-electron chi connectivity index (χ0n) is 23.1. The first-order valence-corrected chi connectivity index (χ1v) is 13.8. The molecule has 1 saturated carbocycles. The fourth-order valence-electron chi connectivity index (χ4n) is 5.06. The number of nitrogens with zero attached hydrogens (tertiary/aromatic N) is 2. The molecule has 3 aliphatic rings. The maximum Gasteiger partial charge on any atom is 0.547 e. The molecule has 1 aliphatic carbocycles. The van der Waals surface area contributed by atoms with Crippen LogP contribution in [0, 0.1) is 11.6 Å². The van der Waals surface area contributed by atoms with Crippen molar-refractivity contribution < 1.29 is 57.8 Å². The van der Waals surface area contributed by atoms with E-state index in [-0.39, 0.29) is 31.6 Å². The van der Waals surface area contributed by atoms with Crippen molar-refractivity contribution >= 4 is 48.4 Å². The molecule has 2 heterocycles. The third kappa shape index (κ3) is 6.03. The number of rotatable bonds is 7. The molecule has 0 aromatic heterocycles. The lowest BCUT2D eigenvalue weighted by Crippen LogP contribution is -2.61. The first kappa shape index (κ1) is 31.7. The van der Waals surface area contributed by atoms with Crippen molar-refractivity contribution in [1.82, 2.24) is 20.4 Å². The van der Waals surface area contributed by atoms with Gasteiger partial charge in [0.05, 0.1) is 11.0 Å². The number of phenolic OH excluding ortho intramolecular Hbond substituents is 2. The number of benzene rings is 2. The Hall–Kier alpha value is -4.68. The van der Waals surface area contributed by atoms with Crippen LogP contribution in [-0.2, 0) is 20.8 Å². The third-order valence-corrected chi connectivity index (χ3v) is 8.14. The van der Waals surface area contributed by atoms with Crippen LogP contribution < -0.4 is 21.0 Å². The van der Waals surface area contributed by atoms with Crippen LogP contribution in [0.1, 0.15) is 40.4 Å². The Kier molecular flexibility index (Phi) is 8.24. The minimum absolute atomic E-state index is 0.0624. The molecule has 15 nitrogen and oxygen atoms in total. The van der Waals surface area contributed by atoms with Crippen LogP contribution in [0.25, 0.3) is 0 Å². The Labute approximate surface area is 257 Å². The monoisotopic (exact) mass is 651 g/mol. The summed E-state index contributed by atoms with van der Waals surface area (Å²) in [7, 11) is -1.94. The van der Waals surface area contributed by atoms with Crippen LogP contribution in [0.4, 0.5) is 13.6 Å². The van der Waals surface area contributed by atoms with Crippen LogP contribution in [0.2, 0.25) is 5.02 Å². The number of hydrogen-bond donors (Lipinski definition) is 7. The average molecular weight is 652 g/mol. The first-order chi connectivity index (χ1) is 21.1. The molecule has 8 N–H and O–H groups in total. The number of imide groups is 1. The summed E-state index contributed by atoms with van der Waals surface area (Å²) in [6, 6.07) is -0.735. The number of amides is 5. The summed E-state index contributed by atoms with van der Waals surface area (Å²) < 4.78 is 33.8. The van der Waals surface area contributed by atoms with Gasteiger partial charge in [0.15, 0.2) is 17.3 Å². The molecule has 45 heavy (non-hydrogen) atoms. The summed E-state index contributed by atoms with van der Waals surface area (Å²) in [6.07, 6.45) is 1.02. The highest BCUT2D eigenvalue weighted by Gasteiger charge is 2.46. The number of nitrogens with one attached hydrogen (secondary N) is 2. The van der Waals surface area contributed by atoms with Crippen LogP contribution in [0.15, 0.2) is 18.2 Å². The lowest BCUT2D eigenvalue weighted by Gasteiger charge is -2.35. The van der Waals surface area contributed by atoms with Crippen molar-refractivity contribution in [2.24, 2.45) is 5.73 Å². The quantitative estimate of drug-likeness (QED) is 0.117. The van der Waals surface area contributed by atoms with Crippen molar-refractivity contribution in [3.8, 4) is 17.2 Å². The minimum Gasteiger partial charge on any atom is -0.534 e. The van der Waals surface area contributed by atoms with Gasteiger partial charge < -0.3 is 46.3 Å². The fraction of sp³-hybridized carbons (Fsp3) is 0.346. The van der Waals surface area contributed by atoms with E-state index in [0.29, 0.717) is 23.8 Å². The standard InChI is InChI=1S/C26H25BClF2N5O10/c28-16-11(8-13(30)18(36)19(16)37)17(33-25(43)35-6-5-34(22(39)23(35)40)9-26(31)3-4-26)21(38)32-14-7-10-1-2-12(29)15(24(41)42)20(10)45-27(14)44/h1-2,8,14,17,36-37,44H,3-7,9,31H2,(H,32,38)(H,33,43)(H,41,42)/t14-,17?/m0/s1. The molecule has 2 fully saturated rings. The number of aromatic hydroxyl groups is 2. The van der Waals surface area contributed by atoms with Crippen LogP contribution in [-0.4, -0.2) is 98.1 Å². The summed E-state index contributed by atoms with van der Waals surface area (Å²) in [4.78, 5) is 65.6. The predicted octanol–water partition coefficient (Wildman–Crippen LogP) is -0.220. The Morgan fingerprint density at radius 1 is 1.13 bits per heavy atom. The van der Waals surface area contributed by atoms with E-state index in [4.69, 9.17) is 22.0 Å². The molecule has 5 amide bonds. The van der Waals surface area contributed by atoms with Crippen molar-refractivity contribution in [2.75, 3.05) is 19.6 Å². The summed E-state index contributed by atoms with van der Waals surface area (Å²) in [6.45, 7) is -0.249. The van der Waals surface area contributed by atoms with Crippen LogP contribution in [0.3, 0.4) is 0 Å². The molecule has 238 valence electrons. The number of carbonyl (C=O) groups is 5. The first-order valence-electron chi connectivity index (χ1n) is 13.4. The van der Waals surface area contributed by atoms with E-state index < -0.39 is 99.4 Å². The van der Waals surface area contributed by atoms with Gasteiger partial charge in [-0.15, -0.1) is 0 Å². The SMILES string of the molecule is NC1(CN2CCN(C(=O)NC(C(=O)N[C@H]3Cc4ccc(F)c(C(=O)O)c4OB3O)c3cc(F)c(O)c(O)c3Cl)C(=O)C2=O)CC1. The zero-order chi connectivity index (χ0) is 33.0. The van der Waals surface area contributed by atoms with E-state index in [1.54, 1.807) is 0 Å². The van der Waals surface area contributed by atoms with Crippen LogP contribution in [0.5, 0.6) is 17.2 Å². The number of urea groups is 1. The number of carboxylic acids is 1. The van der Waals surface area contributed by atoms with Crippen molar-refractivity contribution in [3.05, 3.63) is 51.5 Å². The topological polar surface area (TPSA) is 232 Å². The Morgan fingerprint density at radius 2 is 1.82 bits per heavy atom. The molecule has 1 unspecified atom stereocenters. The normalized spacial score (nSPS) is 19.4. The number of hydrogen-bond acceptors (Lipinski definition) is 10. The van der Waals surface area contributed by atoms with Crippen molar-refractivity contribution in [2.45, 2.75) is 36.8 Å². The molecule has 0 spiro atoms. The second-order valence-electron chi connectivity index (χ2n) is 10.9. The largest absolute Gasteiger partial charge is 0.547 e. The predicted molar refractivity (Wildman–Crippen MR) is 148 cm³/mol. The highest BCUT2D eigenvalue weighted by molar-refractivity contribution is 6.47. The number of aromatic carboxylic acids is 1. The molecular formula is C26H25BClF2N5O10. The molecule has 2 aromatic carbocycles. The number of fused-ring (bicyclic) bond motifs is 1. The van der Waals surface area contributed by atoms with Gasteiger partial charge in [0.1, 0.15) is 23.2 Å². The second kappa shape index (κ2) is 11.7. The summed E-state index contributed by atoms with van der Waals surface area (Å²) in [5.41, 5.74) is 4.08. The number of piperazine rings is 1. The van der Waals surface area contributed by atoms with E-state index in [1.165, 1.54) is 11.0 Å². The van der Waals surface area contributed by atoms with Gasteiger partial charge in [0.25, 0.3) is 0 Å². The van der Waals surface area contributed by atoms with Crippen molar-refractivity contribution in [3.63, 3.8) is 0 Å². The van der Waals surface area contributed by atoms with Gasteiger partial charge in [-0.1, -0.05) is 17.7 Å². The average Bonchev–Trinajstić information content (AvgIpc) is 3.71. The maximum atomic E-state index is 14.5. The van der Waals surface area contributed by atoms with Gasteiger partial charge in [-0.05, 0) is 37.0 Å². The molecular weight excluding hydrogens is 627 g/mol. The Bertz CT molecular complexity index is 1640. The third-order valence-electron chi connectivity index (χ3n) is 7.74. The van der Waals surface area contributed by atoms with Gasteiger partial charge in [0.2, 0.25) is 5.91 Å². The number of nitrogens with two attached hydrogens (primary N) is 1. The number of carbonyl (C=O) groups excluding carboxylic acids is 4. The second-order valence-corrected chi connectivity index (χ2v) is 11.3. The smallest absolute Gasteiger partial charge is 0.534 e. The lowest BCUT2D eigenvalue weighted by atomic mass is 9.72. The minimum atomic E-state index is -2.01. The summed E-state index contributed by atoms with van der Waals surface area (Å²) in [5.74, 6) is -12.0. The fourth-order valence-corrected chi connectivity index (χ4v) is 5.31. The molecule has 0 bridgehead atoms. The van der Waals surface area contributed by atoms with Crippen molar-refractivity contribution in [1.29, 1.82) is 0 Å². The van der Waals surface area contributed by atoms with Gasteiger partial charge in [-0.3, -0.25) is 19.3 Å². The zero-order valence-corrected chi connectivity index (χ0v) is 23.8. The number of halogens is 3. The highest BCUT2D eigenvalue weighted by atomic mass is 35.5. The molecule has 0 radical (unpaired) electrons. The van der Waals surface area contributed by atoms with Gasteiger partial charge >= 0.3 is 30.9 Å². The highest BCUT2D eigenvalue weighted by Crippen LogP contribution is 2.41. The van der Waals surface area contributed by atoms with Gasteiger partial charge in [-0.2, -0.15) is 0 Å². The molecule has 19 heteroatoms. The van der Waals surface area contributed by atoms with E-state index in [0.717, 1.165) is 6.07 Å².